The fourth-order valence-electron chi connectivity index (χ4n) is 4.78. The molecular weight excluding hydrogens is 314 g/mol. The quantitative estimate of drug-likeness (QED) is 0.903. The molecule has 2 fully saturated rings. The van der Waals surface area contributed by atoms with Crippen LogP contribution in [0.1, 0.15) is 39.2 Å². The van der Waals surface area contributed by atoms with Crippen molar-refractivity contribution in [3.8, 4) is 5.75 Å². The summed E-state index contributed by atoms with van der Waals surface area (Å²) < 4.78 is 5.95. The molecule has 0 bridgehead atoms. The Balaban J connectivity index is 1.92. The fourth-order valence-corrected chi connectivity index (χ4v) is 4.78. The van der Waals surface area contributed by atoms with Crippen LogP contribution in [-0.4, -0.2) is 34.3 Å². The van der Waals surface area contributed by atoms with Crippen molar-refractivity contribution < 1.29 is 14.6 Å². The van der Waals surface area contributed by atoms with Crippen molar-refractivity contribution in [1.82, 2.24) is 4.90 Å². The Morgan fingerprint density at radius 1 is 1.16 bits per heavy atom. The number of phenols is 1. The molecule has 0 aliphatic carbocycles. The van der Waals surface area contributed by atoms with Crippen LogP contribution >= 0.6 is 0 Å². The van der Waals surface area contributed by atoms with Gasteiger partial charge in [0.1, 0.15) is 11.5 Å². The molecule has 2 aliphatic rings. The highest BCUT2D eigenvalue weighted by Crippen LogP contribution is 2.50. The molecule has 25 heavy (non-hydrogen) atoms. The first-order chi connectivity index (χ1) is 11.8. The van der Waals surface area contributed by atoms with Crippen molar-refractivity contribution in [2.45, 2.75) is 45.4 Å². The summed E-state index contributed by atoms with van der Waals surface area (Å²) in [5.74, 6) is 0.710. The van der Waals surface area contributed by atoms with Gasteiger partial charge in [-0.2, -0.15) is 0 Å². The third-order valence-corrected chi connectivity index (χ3v) is 5.86. The van der Waals surface area contributed by atoms with Gasteiger partial charge in [-0.3, -0.25) is 4.79 Å². The Morgan fingerprint density at radius 2 is 1.84 bits per heavy atom. The van der Waals surface area contributed by atoms with Gasteiger partial charge in [0.2, 0.25) is 5.91 Å². The molecule has 2 heterocycles. The molecule has 132 valence electrons. The standard InChI is InChI=1S/C21H25NO3/c1-12(2)18-19(16-11-25-21(3,4)22(16)20(18)24)15-9-10-17(23)14-8-6-5-7-13(14)15/h5-10,12,16,18-19,23H,11H2,1-4H3/t16-,18-,19-/m1/s1. The van der Waals surface area contributed by atoms with Crippen LogP contribution in [0.5, 0.6) is 5.75 Å². The third kappa shape index (κ3) is 2.27. The first kappa shape index (κ1) is 16.4. The number of phenolic OH excluding ortho intramolecular Hbond substituents is 1. The summed E-state index contributed by atoms with van der Waals surface area (Å²) in [5.41, 5.74) is 0.574. The van der Waals surface area contributed by atoms with E-state index >= 15 is 0 Å². The second-order valence-electron chi connectivity index (χ2n) is 8.05. The van der Waals surface area contributed by atoms with Gasteiger partial charge in [0.15, 0.2) is 0 Å². The van der Waals surface area contributed by atoms with Gasteiger partial charge in [0.25, 0.3) is 0 Å². The van der Waals surface area contributed by atoms with Crippen LogP contribution in [0.15, 0.2) is 36.4 Å². The Bertz CT molecular complexity index is 842. The van der Waals surface area contributed by atoms with Crippen LogP contribution in [0.3, 0.4) is 0 Å². The van der Waals surface area contributed by atoms with E-state index < -0.39 is 5.72 Å². The number of carbonyl (C=O) groups is 1. The van der Waals surface area contributed by atoms with Gasteiger partial charge in [0.05, 0.1) is 12.6 Å². The SMILES string of the molecule is CC(C)[C@H]1C(=O)N2[C@H](COC2(C)C)[C@H]1c1ccc(O)c2ccccc12. The minimum Gasteiger partial charge on any atom is -0.507 e. The first-order valence-corrected chi connectivity index (χ1v) is 9.00. The maximum absolute atomic E-state index is 13.2. The van der Waals surface area contributed by atoms with E-state index in [0.29, 0.717) is 6.61 Å². The molecule has 0 radical (unpaired) electrons. The molecule has 0 saturated carbocycles. The molecule has 0 unspecified atom stereocenters. The van der Waals surface area contributed by atoms with Crippen molar-refractivity contribution in [1.29, 1.82) is 0 Å². The van der Waals surface area contributed by atoms with Crippen molar-refractivity contribution in [2.75, 3.05) is 6.61 Å². The number of nitrogens with zero attached hydrogens (tertiary/aromatic N) is 1. The molecule has 2 aliphatic heterocycles. The van der Waals surface area contributed by atoms with E-state index in [-0.39, 0.29) is 35.5 Å². The van der Waals surface area contributed by atoms with E-state index in [4.69, 9.17) is 4.74 Å². The Labute approximate surface area is 148 Å². The lowest BCUT2D eigenvalue weighted by atomic mass is 9.77. The Kier molecular flexibility index (Phi) is 3.58. The molecule has 2 saturated heterocycles. The monoisotopic (exact) mass is 339 g/mol. The maximum Gasteiger partial charge on any atom is 0.229 e. The predicted molar refractivity (Wildman–Crippen MR) is 97.3 cm³/mol. The molecule has 0 aromatic heterocycles. The summed E-state index contributed by atoms with van der Waals surface area (Å²) in [6, 6.07) is 11.7. The zero-order chi connectivity index (χ0) is 17.9. The number of carbonyl (C=O) groups excluding carboxylic acids is 1. The van der Waals surface area contributed by atoms with Crippen LogP contribution < -0.4 is 0 Å². The number of fused-ring (bicyclic) bond motifs is 2. The molecule has 4 heteroatoms. The van der Waals surface area contributed by atoms with Gasteiger partial charge in [-0.1, -0.05) is 44.2 Å². The van der Waals surface area contributed by atoms with Gasteiger partial charge in [-0.05, 0) is 36.8 Å². The second kappa shape index (κ2) is 5.46. The number of hydrogen-bond acceptors (Lipinski definition) is 3. The lowest BCUT2D eigenvalue weighted by molar-refractivity contribution is -0.146. The summed E-state index contributed by atoms with van der Waals surface area (Å²) in [5, 5.41) is 12.1. The predicted octanol–water partition coefficient (Wildman–Crippen LogP) is 3.88. The first-order valence-electron chi connectivity index (χ1n) is 9.00. The zero-order valence-corrected chi connectivity index (χ0v) is 15.2. The average Bonchev–Trinajstić information content (AvgIpc) is 3.04. The molecule has 3 atom stereocenters. The van der Waals surface area contributed by atoms with E-state index in [1.807, 2.05) is 49.1 Å². The Hall–Kier alpha value is -2.07. The van der Waals surface area contributed by atoms with Crippen LogP contribution in [0, 0.1) is 11.8 Å². The smallest absolute Gasteiger partial charge is 0.229 e. The summed E-state index contributed by atoms with van der Waals surface area (Å²) in [6.45, 7) is 8.74. The Morgan fingerprint density at radius 3 is 2.52 bits per heavy atom. The third-order valence-electron chi connectivity index (χ3n) is 5.86. The maximum atomic E-state index is 13.2. The highest BCUT2D eigenvalue weighted by molar-refractivity contribution is 5.93. The molecule has 1 amide bonds. The molecule has 0 spiro atoms. The molecule has 2 aromatic carbocycles. The number of amides is 1. The summed E-state index contributed by atoms with van der Waals surface area (Å²) in [4.78, 5) is 15.2. The number of ether oxygens (including phenoxy) is 1. The second-order valence-corrected chi connectivity index (χ2v) is 8.05. The van der Waals surface area contributed by atoms with Crippen molar-refractivity contribution in [3.05, 3.63) is 42.0 Å². The molecule has 1 N–H and O–H groups in total. The van der Waals surface area contributed by atoms with Gasteiger partial charge in [0, 0.05) is 17.2 Å². The van der Waals surface area contributed by atoms with Gasteiger partial charge in [-0.15, -0.1) is 0 Å². The van der Waals surface area contributed by atoms with Crippen LogP contribution in [0.2, 0.25) is 0 Å². The zero-order valence-electron chi connectivity index (χ0n) is 15.2. The van der Waals surface area contributed by atoms with Crippen LogP contribution in [-0.2, 0) is 9.53 Å². The van der Waals surface area contributed by atoms with Gasteiger partial charge >= 0.3 is 0 Å². The summed E-state index contributed by atoms with van der Waals surface area (Å²) >= 11 is 0. The van der Waals surface area contributed by atoms with Gasteiger partial charge < -0.3 is 14.7 Å². The van der Waals surface area contributed by atoms with E-state index in [1.165, 1.54) is 0 Å². The number of benzene rings is 2. The molecule has 4 nitrogen and oxygen atoms in total. The fraction of sp³-hybridized carbons (Fsp3) is 0.476. The van der Waals surface area contributed by atoms with Crippen LogP contribution in [0.4, 0.5) is 0 Å². The molecular formula is C21H25NO3. The highest BCUT2D eigenvalue weighted by Gasteiger charge is 2.58. The minimum absolute atomic E-state index is 0.0443. The van der Waals surface area contributed by atoms with Crippen LogP contribution in [0.25, 0.3) is 10.8 Å². The molecule has 4 rings (SSSR count). The molecule has 2 aromatic rings. The topological polar surface area (TPSA) is 49.8 Å². The highest BCUT2D eigenvalue weighted by atomic mass is 16.5. The summed E-state index contributed by atoms with van der Waals surface area (Å²) in [6.07, 6.45) is 0. The van der Waals surface area contributed by atoms with E-state index in [1.54, 1.807) is 6.07 Å². The number of aromatic hydroxyl groups is 1. The largest absolute Gasteiger partial charge is 0.507 e. The number of hydrogen-bond donors (Lipinski definition) is 1. The lowest BCUT2D eigenvalue weighted by Gasteiger charge is -2.30. The van der Waals surface area contributed by atoms with E-state index in [2.05, 4.69) is 13.8 Å². The van der Waals surface area contributed by atoms with Crippen molar-refractivity contribution in [3.63, 3.8) is 0 Å². The summed E-state index contributed by atoms with van der Waals surface area (Å²) in [7, 11) is 0. The normalized spacial score (nSPS) is 28.1. The van der Waals surface area contributed by atoms with Crippen molar-refractivity contribution >= 4 is 16.7 Å². The lowest BCUT2D eigenvalue weighted by Crippen LogP contribution is -2.44. The number of rotatable bonds is 2. The van der Waals surface area contributed by atoms with E-state index in [0.717, 1.165) is 16.3 Å². The average molecular weight is 339 g/mol. The van der Waals surface area contributed by atoms with E-state index in [9.17, 15) is 9.90 Å². The minimum atomic E-state index is -0.559. The van der Waals surface area contributed by atoms with Crippen molar-refractivity contribution in [2.24, 2.45) is 11.8 Å². The van der Waals surface area contributed by atoms with Gasteiger partial charge in [-0.25, -0.2) is 0 Å².